The molecular weight excluding hydrogens is 358 g/mol. The maximum Gasteiger partial charge on any atom is 0.341 e. The molecule has 0 aliphatic carbocycles. The molecule has 26 heavy (non-hydrogen) atoms. The van der Waals surface area contributed by atoms with E-state index < -0.39 is 18.5 Å². The standard InChI is InChI=1S/C17H23N3O5S/c1-9-10(2)26-16(19-11(3)21)14(9)17(24)25-8-13(22)20-6-4-5-12(7-20)15(18)23/h12H,4-8H2,1-3H3,(H2,18,23)(H,19,21)/t12-/m1/s1. The van der Waals surface area contributed by atoms with E-state index in [0.29, 0.717) is 30.0 Å². The molecule has 9 heteroatoms. The van der Waals surface area contributed by atoms with Gasteiger partial charge in [-0.15, -0.1) is 11.3 Å². The fourth-order valence-corrected chi connectivity index (χ4v) is 3.94. The van der Waals surface area contributed by atoms with Crippen LogP contribution in [0.15, 0.2) is 0 Å². The summed E-state index contributed by atoms with van der Waals surface area (Å²) in [6, 6.07) is 0. The van der Waals surface area contributed by atoms with Crippen LogP contribution >= 0.6 is 11.3 Å². The van der Waals surface area contributed by atoms with Gasteiger partial charge in [-0.25, -0.2) is 4.79 Å². The first-order valence-electron chi connectivity index (χ1n) is 8.32. The number of primary amides is 1. The minimum absolute atomic E-state index is 0.249. The first-order chi connectivity index (χ1) is 12.2. The third-order valence-corrected chi connectivity index (χ3v) is 5.50. The SMILES string of the molecule is CC(=O)Nc1sc(C)c(C)c1C(=O)OCC(=O)N1CCC[C@@H](C(N)=O)C1. The third-order valence-electron chi connectivity index (χ3n) is 4.38. The lowest BCUT2D eigenvalue weighted by molar-refractivity contribution is -0.137. The number of likely N-dealkylation sites (tertiary alicyclic amines) is 1. The van der Waals surface area contributed by atoms with E-state index in [9.17, 15) is 19.2 Å². The minimum Gasteiger partial charge on any atom is -0.452 e. The molecule has 1 aliphatic heterocycles. The molecule has 1 saturated heterocycles. The Kier molecular flexibility index (Phi) is 6.36. The second-order valence-corrected chi connectivity index (χ2v) is 7.55. The van der Waals surface area contributed by atoms with Gasteiger partial charge in [0.15, 0.2) is 6.61 Å². The number of ether oxygens (including phenoxy) is 1. The molecular formula is C17H23N3O5S. The smallest absolute Gasteiger partial charge is 0.341 e. The second-order valence-electron chi connectivity index (χ2n) is 6.33. The Morgan fingerprint density at radius 2 is 2.00 bits per heavy atom. The number of aryl methyl sites for hydroxylation is 1. The van der Waals surface area contributed by atoms with Crippen LogP contribution in [0.2, 0.25) is 0 Å². The molecule has 1 aliphatic rings. The fourth-order valence-electron chi connectivity index (χ4n) is 2.85. The third kappa shape index (κ3) is 4.60. The number of amides is 3. The quantitative estimate of drug-likeness (QED) is 0.743. The first kappa shape index (κ1) is 19.9. The number of nitrogens with one attached hydrogen (secondary N) is 1. The Labute approximate surface area is 155 Å². The zero-order chi connectivity index (χ0) is 19.4. The van der Waals surface area contributed by atoms with Crippen molar-refractivity contribution < 1.29 is 23.9 Å². The van der Waals surface area contributed by atoms with Gasteiger partial charge in [0.2, 0.25) is 11.8 Å². The number of thiophene rings is 1. The van der Waals surface area contributed by atoms with Crippen molar-refractivity contribution >= 4 is 40.0 Å². The average Bonchev–Trinajstić information content (AvgIpc) is 2.85. The normalized spacial score (nSPS) is 16.9. The number of anilines is 1. The van der Waals surface area contributed by atoms with Gasteiger partial charge in [-0.05, 0) is 32.3 Å². The molecule has 0 bridgehead atoms. The molecule has 0 unspecified atom stereocenters. The van der Waals surface area contributed by atoms with E-state index in [0.717, 1.165) is 4.88 Å². The van der Waals surface area contributed by atoms with E-state index in [-0.39, 0.29) is 29.8 Å². The van der Waals surface area contributed by atoms with E-state index >= 15 is 0 Å². The van der Waals surface area contributed by atoms with Crippen LogP contribution in [0.5, 0.6) is 0 Å². The summed E-state index contributed by atoms with van der Waals surface area (Å²) in [5, 5.41) is 3.03. The Bertz CT molecular complexity index is 743. The van der Waals surface area contributed by atoms with E-state index in [1.165, 1.54) is 23.2 Å². The molecule has 1 aromatic heterocycles. The van der Waals surface area contributed by atoms with Crippen molar-refractivity contribution in [3.05, 3.63) is 16.0 Å². The Hall–Kier alpha value is -2.42. The number of esters is 1. The fraction of sp³-hybridized carbons (Fsp3) is 0.529. The van der Waals surface area contributed by atoms with Gasteiger partial charge in [0.25, 0.3) is 5.91 Å². The highest BCUT2D eigenvalue weighted by atomic mass is 32.1. The molecule has 3 N–H and O–H groups in total. The van der Waals surface area contributed by atoms with Crippen LogP contribution in [0.1, 0.15) is 40.6 Å². The van der Waals surface area contributed by atoms with E-state index in [2.05, 4.69) is 5.32 Å². The van der Waals surface area contributed by atoms with Crippen molar-refractivity contribution in [2.24, 2.45) is 11.7 Å². The van der Waals surface area contributed by atoms with Crippen LogP contribution < -0.4 is 11.1 Å². The Morgan fingerprint density at radius 3 is 2.62 bits per heavy atom. The topological polar surface area (TPSA) is 119 Å². The highest BCUT2D eigenvalue weighted by Gasteiger charge is 2.28. The van der Waals surface area contributed by atoms with Crippen LogP contribution in [0.4, 0.5) is 5.00 Å². The maximum absolute atomic E-state index is 12.4. The van der Waals surface area contributed by atoms with E-state index in [4.69, 9.17) is 10.5 Å². The van der Waals surface area contributed by atoms with Crippen molar-refractivity contribution in [1.29, 1.82) is 0 Å². The lowest BCUT2D eigenvalue weighted by atomic mass is 9.97. The summed E-state index contributed by atoms with van der Waals surface area (Å²) in [4.78, 5) is 49.7. The Morgan fingerprint density at radius 1 is 1.31 bits per heavy atom. The lowest BCUT2D eigenvalue weighted by Crippen LogP contribution is -2.45. The van der Waals surface area contributed by atoms with Crippen molar-refractivity contribution in [1.82, 2.24) is 4.90 Å². The molecule has 0 radical (unpaired) electrons. The molecule has 1 atom stereocenters. The zero-order valence-corrected chi connectivity index (χ0v) is 15.9. The molecule has 8 nitrogen and oxygen atoms in total. The van der Waals surface area contributed by atoms with Gasteiger partial charge in [-0.1, -0.05) is 0 Å². The van der Waals surface area contributed by atoms with Crippen molar-refractivity contribution in [3.8, 4) is 0 Å². The summed E-state index contributed by atoms with van der Waals surface area (Å²) in [6.07, 6.45) is 1.34. The highest BCUT2D eigenvalue weighted by Crippen LogP contribution is 2.33. The van der Waals surface area contributed by atoms with Gasteiger partial charge in [0, 0.05) is 24.9 Å². The molecule has 2 heterocycles. The molecule has 2 rings (SSSR count). The van der Waals surface area contributed by atoms with Crippen LogP contribution in [0, 0.1) is 19.8 Å². The number of piperidine rings is 1. The van der Waals surface area contributed by atoms with Gasteiger partial charge in [-0.2, -0.15) is 0 Å². The Balaban J connectivity index is 2.01. The molecule has 0 aromatic carbocycles. The summed E-state index contributed by atoms with van der Waals surface area (Å²) in [5.41, 5.74) is 6.29. The molecule has 142 valence electrons. The van der Waals surface area contributed by atoms with Crippen molar-refractivity contribution in [2.45, 2.75) is 33.6 Å². The second kappa shape index (κ2) is 8.31. The van der Waals surface area contributed by atoms with Crippen LogP contribution in [-0.2, 0) is 19.1 Å². The maximum atomic E-state index is 12.4. The number of hydrogen-bond acceptors (Lipinski definition) is 6. The predicted octanol–water partition coefficient (Wildman–Crippen LogP) is 1.20. The van der Waals surface area contributed by atoms with Crippen molar-refractivity contribution in [3.63, 3.8) is 0 Å². The van der Waals surface area contributed by atoms with Gasteiger partial charge in [0.1, 0.15) is 5.00 Å². The van der Waals surface area contributed by atoms with Gasteiger partial charge < -0.3 is 20.7 Å². The summed E-state index contributed by atoms with van der Waals surface area (Å²) >= 11 is 1.28. The largest absolute Gasteiger partial charge is 0.452 e. The number of nitrogens with zero attached hydrogens (tertiary/aromatic N) is 1. The summed E-state index contributed by atoms with van der Waals surface area (Å²) in [7, 11) is 0. The lowest BCUT2D eigenvalue weighted by Gasteiger charge is -2.31. The average molecular weight is 381 g/mol. The monoisotopic (exact) mass is 381 g/mol. The number of hydrogen-bond donors (Lipinski definition) is 2. The predicted molar refractivity (Wildman–Crippen MR) is 96.9 cm³/mol. The summed E-state index contributed by atoms with van der Waals surface area (Å²) in [5.74, 6) is -2.11. The molecule has 1 fully saturated rings. The summed E-state index contributed by atoms with van der Waals surface area (Å²) in [6.45, 7) is 5.29. The van der Waals surface area contributed by atoms with Crippen LogP contribution in [0.25, 0.3) is 0 Å². The molecule has 3 amide bonds. The highest BCUT2D eigenvalue weighted by molar-refractivity contribution is 7.16. The number of carbonyl (C=O) groups is 4. The first-order valence-corrected chi connectivity index (χ1v) is 9.14. The molecule has 0 spiro atoms. The number of nitrogens with two attached hydrogens (primary N) is 1. The molecule has 0 saturated carbocycles. The van der Waals surface area contributed by atoms with Crippen LogP contribution in [-0.4, -0.2) is 48.3 Å². The number of carbonyl (C=O) groups excluding carboxylic acids is 4. The molecule has 1 aromatic rings. The minimum atomic E-state index is -0.660. The van der Waals surface area contributed by atoms with Gasteiger partial charge >= 0.3 is 5.97 Å². The van der Waals surface area contributed by atoms with Crippen LogP contribution in [0.3, 0.4) is 0 Å². The number of rotatable bonds is 5. The zero-order valence-electron chi connectivity index (χ0n) is 15.1. The van der Waals surface area contributed by atoms with Gasteiger partial charge in [-0.3, -0.25) is 14.4 Å². The summed E-state index contributed by atoms with van der Waals surface area (Å²) < 4.78 is 5.16. The van der Waals surface area contributed by atoms with E-state index in [1.54, 1.807) is 6.92 Å². The van der Waals surface area contributed by atoms with Gasteiger partial charge in [0.05, 0.1) is 11.5 Å². The van der Waals surface area contributed by atoms with Crippen molar-refractivity contribution in [2.75, 3.05) is 25.0 Å². The van der Waals surface area contributed by atoms with E-state index in [1.807, 2.05) is 6.92 Å².